The molecule has 0 aliphatic carbocycles. The molecular formula is C28H34N4O2. The van der Waals surface area contributed by atoms with Gasteiger partial charge in [0.1, 0.15) is 11.2 Å². The second-order valence-corrected chi connectivity index (χ2v) is 10.3. The Morgan fingerprint density at radius 1 is 1.03 bits per heavy atom. The van der Waals surface area contributed by atoms with Crippen molar-refractivity contribution in [1.82, 2.24) is 14.9 Å². The van der Waals surface area contributed by atoms with Crippen molar-refractivity contribution >= 4 is 28.4 Å². The van der Waals surface area contributed by atoms with Crippen molar-refractivity contribution in [3.05, 3.63) is 54.4 Å². The number of anilines is 1. The number of nitrogens with one attached hydrogen (secondary N) is 1. The number of benzene rings is 1. The van der Waals surface area contributed by atoms with E-state index in [1.54, 1.807) is 4.90 Å². The highest BCUT2D eigenvalue weighted by atomic mass is 16.6. The molecule has 1 saturated heterocycles. The van der Waals surface area contributed by atoms with Crippen molar-refractivity contribution < 1.29 is 9.53 Å². The summed E-state index contributed by atoms with van der Waals surface area (Å²) in [5.74, 6) is 0. The molecule has 0 unspecified atom stereocenters. The molecule has 0 spiro atoms. The molecule has 0 saturated carbocycles. The number of ether oxygens (including phenoxy) is 1. The van der Waals surface area contributed by atoms with Crippen LogP contribution < -0.4 is 4.90 Å². The smallest absolute Gasteiger partial charge is 0.410 e. The Labute approximate surface area is 201 Å². The van der Waals surface area contributed by atoms with Crippen LogP contribution in [-0.4, -0.2) is 52.7 Å². The molecule has 1 amide bonds. The lowest BCUT2D eigenvalue weighted by Crippen LogP contribution is -2.39. The van der Waals surface area contributed by atoms with Gasteiger partial charge in [-0.2, -0.15) is 0 Å². The molecule has 2 aliphatic heterocycles. The van der Waals surface area contributed by atoms with Crippen LogP contribution in [0.1, 0.15) is 52.0 Å². The first-order valence-electron chi connectivity index (χ1n) is 12.4. The number of piperidine rings is 1. The Morgan fingerprint density at radius 3 is 2.47 bits per heavy atom. The molecule has 4 heterocycles. The molecule has 5 rings (SSSR count). The maximum absolute atomic E-state index is 12.4. The molecule has 1 N–H and O–H groups in total. The number of carbonyl (C=O) groups is 1. The minimum atomic E-state index is -0.480. The lowest BCUT2D eigenvalue weighted by atomic mass is 9.98. The molecular weight excluding hydrogens is 424 g/mol. The van der Waals surface area contributed by atoms with Crippen molar-refractivity contribution in [2.45, 2.75) is 52.1 Å². The third-order valence-corrected chi connectivity index (χ3v) is 6.66. The van der Waals surface area contributed by atoms with Gasteiger partial charge >= 0.3 is 6.09 Å². The summed E-state index contributed by atoms with van der Waals surface area (Å²) in [7, 11) is 0. The van der Waals surface area contributed by atoms with E-state index in [2.05, 4.69) is 46.3 Å². The summed E-state index contributed by atoms with van der Waals surface area (Å²) < 4.78 is 5.52. The van der Waals surface area contributed by atoms with Gasteiger partial charge in [-0.05, 0) is 75.8 Å². The topological polar surface area (TPSA) is 61.5 Å². The highest BCUT2D eigenvalue weighted by Gasteiger charge is 2.24. The van der Waals surface area contributed by atoms with Gasteiger partial charge in [0.25, 0.3) is 0 Å². The number of aromatic nitrogens is 2. The number of fused-ring (bicyclic) bond motifs is 1. The van der Waals surface area contributed by atoms with Crippen molar-refractivity contribution in [3.8, 4) is 11.1 Å². The van der Waals surface area contributed by atoms with E-state index in [1.165, 1.54) is 36.1 Å². The van der Waals surface area contributed by atoms with Gasteiger partial charge in [0, 0.05) is 60.8 Å². The quantitative estimate of drug-likeness (QED) is 0.504. The predicted molar refractivity (Wildman–Crippen MR) is 138 cm³/mol. The Hall–Kier alpha value is -3.28. The van der Waals surface area contributed by atoms with E-state index in [1.807, 2.05) is 33.2 Å². The van der Waals surface area contributed by atoms with Crippen molar-refractivity contribution in [2.75, 3.05) is 31.1 Å². The maximum Gasteiger partial charge on any atom is 0.410 e. The lowest BCUT2D eigenvalue weighted by molar-refractivity contribution is 0.0270. The zero-order chi connectivity index (χ0) is 23.7. The van der Waals surface area contributed by atoms with Gasteiger partial charge in [0.05, 0.1) is 0 Å². The molecule has 3 aromatic rings. The van der Waals surface area contributed by atoms with E-state index >= 15 is 0 Å². The number of carbonyl (C=O) groups excluding carboxylic acids is 1. The van der Waals surface area contributed by atoms with E-state index in [4.69, 9.17) is 9.72 Å². The van der Waals surface area contributed by atoms with Crippen LogP contribution in [0.2, 0.25) is 0 Å². The fraction of sp³-hybridized carbons (Fsp3) is 0.429. The fourth-order valence-corrected chi connectivity index (χ4v) is 4.85. The first-order chi connectivity index (χ1) is 16.4. The van der Waals surface area contributed by atoms with E-state index in [0.717, 1.165) is 41.7 Å². The van der Waals surface area contributed by atoms with Crippen LogP contribution in [0.25, 0.3) is 27.7 Å². The minimum Gasteiger partial charge on any atom is -0.444 e. The number of rotatable bonds is 3. The number of aromatic amines is 1. The summed E-state index contributed by atoms with van der Waals surface area (Å²) in [6, 6.07) is 11.1. The second kappa shape index (κ2) is 9.16. The van der Waals surface area contributed by atoms with Crippen molar-refractivity contribution in [3.63, 3.8) is 0 Å². The molecule has 0 atom stereocenters. The molecule has 2 aromatic heterocycles. The van der Waals surface area contributed by atoms with Gasteiger partial charge in [-0.1, -0.05) is 18.2 Å². The molecule has 6 heteroatoms. The first-order valence-corrected chi connectivity index (χ1v) is 12.4. The minimum absolute atomic E-state index is 0.251. The summed E-state index contributed by atoms with van der Waals surface area (Å²) in [6.07, 6.45) is 10.6. The number of H-pyrrole nitrogens is 1. The number of hydrogen-bond donors (Lipinski definition) is 1. The molecule has 0 bridgehead atoms. The number of pyridine rings is 1. The molecule has 2 aliphatic rings. The van der Waals surface area contributed by atoms with Crippen LogP contribution in [0.4, 0.5) is 10.5 Å². The zero-order valence-electron chi connectivity index (χ0n) is 20.4. The molecule has 1 fully saturated rings. The monoisotopic (exact) mass is 458 g/mol. The third kappa shape index (κ3) is 4.81. The van der Waals surface area contributed by atoms with Gasteiger partial charge in [0.15, 0.2) is 0 Å². The van der Waals surface area contributed by atoms with Crippen LogP contribution in [-0.2, 0) is 4.74 Å². The van der Waals surface area contributed by atoms with Gasteiger partial charge < -0.3 is 19.5 Å². The Bertz CT molecular complexity index is 1200. The van der Waals surface area contributed by atoms with E-state index in [9.17, 15) is 4.79 Å². The predicted octanol–water partition coefficient (Wildman–Crippen LogP) is 6.24. The standard InChI is InChI=1S/C28H34N4O2/c1-28(2,3)34-27(33)32-15-11-21(12-16-32)25-19-30-26-24(25)17-22(18-29-26)20-7-9-23(10-8-20)31-13-5-4-6-14-31/h7-11,17-19H,4-6,12-16H2,1-3H3,(H,29,30). The van der Waals surface area contributed by atoms with Gasteiger partial charge in [-0.15, -0.1) is 0 Å². The summed E-state index contributed by atoms with van der Waals surface area (Å²) in [4.78, 5) is 24.7. The summed E-state index contributed by atoms with van der Waals surface area (Å²) >= 11 is 0. The van der Waals surface area contributed by atoms with Gasteiger partial charge in [-0.3, -0.25) is 0 Å². The average molecular weight is 459 g/mol. The Kier molecular flexibility index (Phi) is 6.07. The third-order valence-electron chi connectivity index (χ3n) is 6.66. The SMILES string of the molecule is CC(C)(C)OC(=O)N1CC=C(c2c[nH]c3ncc(-c4ccc(N5CCCCC5)cc4)cc23)CC1. The molecule has 1 aromatic carbocycles. The van der Waals surface area contributed by atoms with Crippen LogP contribution in [0.3, 0.4) is 0 Å². The summed E-state index contributed by atoms with van der Waals surface area (Å²) in [6.45, 7) is 9.20. The maximum atomic E-state index is 12.4. The molecule has 6 nitrogen and oxygen atoms in total. The number of hydrogen-bond acceptors (Lipinski definition) is 4. The first kappa shape index (κ1) is 22.5. The Balaban J connectivity index is 1.35. The number of nitrogens with zero attached hydrogens (tertiary/aromatic N) is 3. The van der Waals surface area contributed by atoms with E-state index < -0.39 is 5.60 Å². The molecule has 34 heavy (non-hydrogen) atoms. The molecule has 0 radical (unpaired) electrons. The van der Waals surface area contributed by atoms with E-state index in [-0.39, 0.29) is 6.09 Å². The van der Waals surface area contributed by atoms with E-state index in [0.29, 0.717) is 13.1 Å². The number of amides is 1. The largest absolute Gasteiger partial charge is 0.444 e. The molecule has 178 valence electrons. The summed E-state index contributed by atoms with van der Waals surface area (Å²) in [5, 5.41) is 1.12. The van der Waals surface area contributed by atoms with Crippen molar-refractivity contribution in [1.29, 1.82) is 0 Å². The van der Waals surface area contributed by atoms with Gasteiger partial charge in [0.2, 0.25) is 0 Å². The lowest BCUT2D eigenvalue weighted by Gasteiger charge is -2.29. The van der Waals surface area contributed by atoms with Crippen LogP contribution >= 0.6 is 0 Å². The highest BCUT2D eigenvalue weighted by Crippen LogP contribution is 2.32. The highest BCUT2D eigenvalue weighted by molar-refractivity contribution is 5.93. The normalized spacial score (nSPS) is 17.1. The van der Waals surface area contributed by atoms with Crippen LogP contribution in [0, 0.1) is 0 Å². The van der Waals surface area contributed by atoms with Crippen LogP contribution in [0.5, 0.6) is 0 Å². The zero-order valence-corrected chi connectivity index (χ0v) is 20.4. The average Bonchev–Trinajstić information content (AvgIpc) is 3.27. The fourth-order valence-electron chi connectivity index (χ4n) is 4.85. The van der Waals surface area contributed by atoms with Crippen molar-refractivity contribution in [2.24, 2.45) is 0 Å². The second-order valence-electron chi connectivity index (χ2n) is 10.3. The Morgan fingerprint density at radius 2 is 1.79 bits per heavy atom. The van der Waals surface area contributed by atoms with Crippen LogP contribution in [0.15, 0.2) is 48.8 Å². The summed E-state index contributed by atoms with van der Waals surface area (Å²) in [5.41, 5.74) is 6.41. The van der Waals surface area contributed by atoms with Gasteiger partial charge in [-0.25, -0.2) is 9.78 Å².